The second-order valence-electron chi connectivity index (χ2n) is 7.20. The van der Waals surface area contributed by atoms with Crippen LogP contribution in [0.5, 0.6) is 0 Å². The molecule has 1 aromatic rings. The number of benzene rings is 1. The van der Waals surface area contributed by atoms with Gasteiger partial charge in [0.1, 0.15) is 5.69 Å². The van der Waals surface area contributed by atoms with E-state index in [4.69, 9.17) is 4.52 Å². The van der Waals surface area contributed by atoms with Gasteiger partial charge in [0.15, 0.2) is 0 Å². The van der Waals surface area contributed by atoms with Crippen molar-refractivity contribution in [3.05, 3.63) is 33.9 Å². The first-order valence-corrected chi connectivity index (χ1v) is 10.8. The van der Waals surface area contributed by atoms with Gasteiger partial charge < -0.3 is 4.90 Å². The molecule has 0 spiro atoms. The molecule has 8 nitrogen and oxygen atoms in total. The molecule has 0 bridgehead atoms. The third-order valence-electron chi connectivity index (χ3n) is 5.22. The summed E-state index contributed by atoms with van der Waals surface area (Å²) in [5.74, 6) is 0. The molecule has 9 heteroatoms. The number of piperidine rings is 1. The lowest BCUT2D eigenvalue weighted by atomic mass is 10.1. The third kappa shape index (κ3) is 3.51. The van der Waals surface area contributed by atoms with Gasteiger partial charge in [-0.25, -0.2) is 9.34 Å². The topological polar surface area (TPSA) is 78.7 Å². The smallest absolute Gasteiger partial charge is 0.346 e. The van der Waals surface area contributed by atoms with Crippen LogP contribution < -0.4 is 4.90 Å². The van der Waals surface area contributed by atoms with E-state index in [2.05, 4.69) is 4.90 Å². The Hall–Kier alpha value is -1.47. The predicted molar refractivity (Wildman–Crippen MR) is 99.4 cm³/mol. The molecule has 0 amide bonds. The number of rotatable bonds is 7. The monoisotopic (exact) mass is 380 g/mol. The Labute approximate surface area is 153 Å². The molecule has 3 fully saturated rings. The fraction of sp³-hybridized carbons (Fsp3) is 0.647. The number of anilines is 1. The van der Waals surface area contributed by atoms with Gasteiger partial charge in [-0.2, -0.15) is 0 Å². The summed E-state index contributed by atoms with van der Waals surface area (Å²) in [6, 6.07) is 5.13. The first-order valence-electron chi connectivity index (χ1n) is 9.31. The molecule has 3 aliphatic rings. The van der Waals surface area contributed by atoms with Crippen LogP contribution in [0.25, 0.3) is 0 Å². The molecule has 0 aliphatic carbocycles. The van der Waals surface area contributed by atoms with Gasteiger partial charge in [-0.15, -0.1) is 0 Å². The molecular formula is C17H25N4O4P. The van der Waals surface area contributed by atoms with Crippen molar-refractivity contribution in [2.45, 2.75) is 32.3 Å². The Morgan fingerprint density at radius 2 is 1.69 bits per heavy atom. The van der Waals surface area contributed by atoms with Crippen molar-refractivity contribution in [2.24, 2.45) is 0 Å². The van der Waals surface area contributed by atoms with Crippen molar-refractivity contribution in [1.82, 2.24) is 9.34 Å². The van der Waals surface area contributed by atoms with Crippen LogP contribution in [-0.2, 0) is 9.09 Å². The lowest BCUT2D eigenvalue weighted by molar-refractivity contribution is -0.384. The average molecular weight is 380 g/mol. The van der Waals surface area contributed by atoms with Crippen LogP contribution in [0, 0.1) is 10.1 Å². The van der Waals surface area contributed by atoms with Crippen LogP contribution in [-0.4, -0.2) is 53.5 Å². The van der Waals surface area contributed by atoms with E-state index in [0.29, 0.717) is 5.69 Å². The van der Waals surface area contributed by atoms with Crippen LogP contribution >= 0.6 is 7.67 Å². The fourth-order valence-electron chi connectivity index (χ4n) is 3.51. The predicted octanol–water partition coefficient (Wildman–Crippen LogP) is 3.40. The minimum Gasteiger partial charge on any atom is -0.366 e. The summed E-state index contributed by atoms with van der Waals surface area (Å²) in [5, 5.41) is 11.5. The molecule has 1 atom stereocenters. The summed E-state index contributed by atoms with van der Waals surface area (Å²) in [4.78, 5) is 13.2. The maximum absolute atomic E-state index is 13.2. The molecule has 142 valence electrons. The summed E-state index contributed by atoms with van der Waals surface area (Å²) < 4.78 is 23.0. The molecule has 26 heavy (non-hydrogen) atoms. The SMILES string of the molecule is CC(OP(=O)(N1CC1)N1CC1)c1ccc([N+](=O)[O-])c(N2CCCCC2)c1. The van der Waals surface area contributed by atoms with E-state index in [1.54, 1.807) is 12.1 Å². The average Bonchev–Trinajstić information content (AvgIpc) is 3.52. The van der Waals surface area contributed by atoms with Crippen LogP contribution in [0.2, 0.25) is 0 Å². The molecular weight excluding hydrogens is 355 g/mol. The van der Waals surface area contributed by atoms with Crippen LogP contribution in [0.1, 0.15) is 37.9 Å². The maximum atomic E-state index is 13.2. The molecule has 0 aromatic heterocycles. The molecule has 0 radical (unpaired) electrons. The molecule has 3 saturated heterocycles. The van der Waals surface area contributed by atoms with E-state index in [1.807, 2.05) is 22.3 Å². The Kier molecular flexibility index (Phi) is 4.77. The van der Waals surface area contributed by atoms with Crippen molar-refractivity contribution in [3.63, 3.8) is 0 Å². The van der Waals surface area contributed by atoms with Crippen molar-refractivity contribution >= 4 is 19.0 Å². The third-order valence-corrected chi connectivity index (χ3v) is 8.04. The van der Waals surface area contributed by atoms with E-state index in [-0.39, 0.29) is 16.7 Å². The fourth-order valence-corrected chi connectivity index (χ4v) is 5.86. The number of nitro groups is 1. The van der Waals surface area contributed by atoms with Gasteiger partial charge in [-0.05, 0) is 43.9 Å². The normalized spacial score (nSPS) is 22.3. The largest absolute Gasteiger partial charge is 0.366 e. The number of hydrogen-bond acceptors (Lipinski definition) is 5. The highest BCUT2D eigenvalue weighted by Crippen LogP contribution is 2.63. The Balaban J connectivity index is 1.59. The summed E-state index contributed by atoms with van der Waals surface area (Å²) in [6.45, 7) is 6.76. The van der Waals surface area contributed by atoms with Crippen LogP contribution in [0.15, 0.2) is 18.2 Å². The first kappa shape index (κ1) is 17.9. The minimum absolute atomic E-state index is 0.128. The van der Waals surface area contributed by atoms with Gasteiger partial charge in [-0.1, -0.05) is 0 Å². The molecule has 1 aromatic carbocycles. The molecule has 0 N–H and O–H groups in total. The van der Waals surface area contributed by atoms with E-state index in [1.165, 1.54) is 6.42 Å². The summed E-state index contributed by atoms with van der Waals surface area (Å²) >= 11 is 0. The Bertz CT molecular complexity index is 728. The van der Waals surface area contributed by atoms with Gasteiger partial charge in [0.05, 0.1) is 11.0 Å². The maximum Gasteiger partial charge on any atom is 0.346 e. The summed E-state index contributed by atoms with van der Waals surface area (Å²) in [6.07, 6.45) is 2.88. The van der Waals surface area contributed by atoms with E-state index < -0.39 is 7.67 Å². The van der Waals surface area contributed by atoms with Crippen molar-refractivity contribution in [2.75, 3.05) is 44.2 Å². The van der Waals surface area contributed by atoms with Gasteiger partial charge in [-0.3, -0.25) is 19.2 Å². The van der Waals surface area contributed by atoms with Gasteiger partial charge in [0.2, 0.25) is 0 Å². The highest BCUT2D eigenvalue weighted by Gasteiger charge is 2.50. The molecule has 3 heterocycles. The van der Waals surface area contributed by atoms with Crippen LogP contribution in [0.4, 0.5) is 11.4 Å². The standard InChI is InChI=1S/C17H25N4O4P/c1-14(25-26(24,19-9-10-19)20-11-12-20)15-5-6-16(21(22)23)17(13-15)18-7-3-2-4-8-18/h5-6,13-14H,2-4,7-12H2,1H3. The highest BCUT2D eigenvalue weighted by molar-refractivity contribution is 7.54. The van der Waals surface area contributed by atoms with E-state index >= 15 is 0 Å². The molecule has 1 unspecified atom stereocenters. The van der Waals surface area contributed by atoms with Crippen molar-refractivity contribution in [3.8, 4) is 0 Å². The Morgan fingerprint density at radius 3 is 2.23 bits per heavy atom. The Morgan fingerprint density at radius 1 is 1.08 bits per heavy atom. The molecule has 3 aliphatic heterocycles. The van der Waals surface area contributed by atoms with E-state index in [0.717, 1.165) is 57.7 Å². The first-order chi connectivity index (χ1) is 12.5. The minimum atomic E-state index is -2.92. The zero-order chi connectivity index (χ0) is 18.3. The zero-order valence-corrected chi connectivity index (χ0v) is 15.9. The van der Waals surface area contributed by atoms with Crippen molar-refractivity contribution < 1.29 is 14.0 Å². The number of nitro benzene ring substituents is 1. The summed E-state index contributed by atoms with van der Waals surface area (Å²) in [7, 11) is -2.92. The molecule has 0 saturated carbocycles. The number of hydrogen-bond donors (Lipinski definition) is 0. The number of nitrogens with zero attached hydrogens (tertiary/aromatic N) is 4. The van der Waals surface area contributed by atoms with Gasteiger partial charge in [0.25, 0.3) is 5.69 Å². The zero-order valence-electron chi connectivity index (χ0n) is 15.0. The second kappa shape index (κ2) is 6.93. The van der Waals surface area contributed by atoms with Gasteiger partial charge >= 0.3 is 7.67 Å². The lowest BCUT2D eigenvalue weighted by Gasteiger charge is -2.29. The highest BCUT2D eigenvalue weighted by atomic mass is 31.2. The van der Waals surface area contributed by atoms with Gasteiger partial charge in [0, 0.05) is 45.3 Å². The van der Waals surface area contributed by atoms with E-state index in [9.17, 15) is 14.7 Å². The summed E-state index contributed by atoms with van der Waals surface area (Å²) in [5.41, 5.74) is 1.61. The molecule has 4 rings (SSSR count). The second-order valence-corrected chi connectivity index (χ2v) is 9.52. The van der Waals surface area contributed by atoms with Crippen molar-refractivity contribution in [1.29, 1.82) is 0 Å². The van der Waals surface area contributed by atoms with Crippen LogP contribution in [0.3, 0.4) is 0 Å². The quantitative estimate of drug-likeness (QED) is 0.310. The lowest BCUT2D eigenvalue weighted by Crippen LogP contribution is -2.30.